The van der Waals surface area contributed by atoms with Crippen molar-refractivity contribution in [1.82, 2.24) is 4.98 Å². The molecule has 0 radical (unpaired) electrons. The SMILES string of the molecule is CC1CNc2cc(-c3cscn3)ccc2O1. The zero-order chi connectivity index (χ0) is 11.0. The Morgan fingerprint density at radius 1 is 1.50 bits per heavy atom. The van der Waals surface area contributed by atoms with Gasteiger partial charge in [-0.1, -0.05) is 0 Å². The molecule has 0 amide bonds. The summed E-state index contributed by atoms with van der Waals surface area (Å²) in [5, 5.41) is 5.41. The molecule has 1 aliphatic heterocycles. The lowest BCUT2D eigenvalue weighted by molar-refractivity contribution is 0.226. The lowest BCUT2D eigenvalue weighted by atomic mass is 10.1. The molecule has 0 aliphatic carbocycles. The van der Waals surface area contributed by atoms with Gasteiger partial charge in [-0.2, -0.15) is 0 Å². The van der Waals surface area contributed by atoms with E-state index in [1.807, 2.05) is 23.0 Å². The van der Waals surface area contributed by atoms with E-state index in [1.165, 1.54) is 0 Å². The quantitative estimate of drug-likeness (QED) is 0.820. The Kier molecular flexibility index (Phi) is 2.29. The maximum atomic E-state index is 5.72. The van der Waals surface area contributed by atoms with Gasteiger partial charge in [0.2, 0.25) is 0 Å². The molecule has 0 spiro atoms. The van der Waals surface area contributed by atoms with Crippen LogP contribution in [0.5, 0.6) is 5.75 Å². The van der Waals surface area contributed by atoms with Crippen LogP contribution in [0.1, 0.15) is 6.92 Å². The van der Waals surface area contributed by atoms with Crippen molar-refractivity contribution in [3.05, 3.63) is 29.1 Å². The average Bonchev–Trinajstić information content (AvgIpc) is 2.82. The fraction of sp³-hybridized carbons (Fsp3) is 0.250. The number of nitrogens with one attached hydrogen (secondary N) is 1. The van der Waals surface area contributed by atoms with Gasteiger partial charge in [0, 0.05) is 10.9 Å². The highest BCUT2D eigenvalue weighted by Crippen LogP contribution is 2.33. The molecule has 4 heteroatoms. The van der Waals surface area contributed by atoms with Crippen molar-refractivity contribution in [1.29, 1.82) is 0 Å². The summed E-state index contributed by atoms with van der Waals surface area (Å²) in [6, 6.07) is 6.15. The zero-order valence-electron chi connectivity index (χ0n) is 8.93. The number of rotatable bonds is 1. The standard InChI is InChI=1S/C12H12N2OS/c1-8-5-13-10-4-9(2-3-12(10)15-8)11-6-16-7-14-11/h2-4,6-8,13H,5H2,1H3. The summed E-state index contributed by atoms with van der Waals surface area (Å²) < 4.78 is 5.72. The summed E-state index contributed by atoms with van der Waals surface area (Å²) in [6.45, 7) is 2.91. The van der Waals surface area contributed by atoms with Crippen molar-refractivity contribution < 1.29 is 4.74 Å². The molecule has 1 atom stereocenters. The third kappa shape index (κ3) is 1.65. The van der Waals surface area contributed by atoms with E-state index in [9.17, 15) is 0 Å². The molecular weight excluding hydrogens is 220 g/mol. The summed E-state index contributed by atoms with van der Waals surface area (Å²) in [6.07, 6.45) is 0.234. The first-order valence-corrected chi connectivity index (χ1v) is 6.20. The number of fused-ring (bicyclic) bond motifs is 1. The van der Waals surface area contributed by atoms with Crippen LogP contribution in [0.3, 0.4) is 0 Å². The van der Waals surface area contributed by atoms with E-state index in [4.69, 9.17) is 4.74 Å². The normalized spacial score (nSPS) is 18.4. The van der Waals surface area contributed by atoms with E-state index in [0.29, 0.717) is 0 Å². The van der Waals surface area contributed by atoms with Crippen molar-refractivity contribution in [2.75, 3.05) is 11.9 Å². The van der Waals surface area contributed by atoms with Crippen molar-refractivity contribution in [3.63, 3.8) is 0 Å². The van der Waals surface area contributed by atoms with E-state index >= 15 is 0 Å². The van der Waals surface area contributed by atoms with Gasteiger partial charge in [-0.3, -0.25) is 0 Å². The van der Waals surface area contributed by atoms with Gasteiger partial charge in [0.05, 0.1) is 23.4 Å². The van der Waals surface area contributed by atoms with Crippen molar-refractivity contribution >= 4 is 17.0 Å². The number of ether oxygens (including phenoxy) is 1. The first-order valence-electron chi connectivity index (χ1n) is 5.26. The minimum Gasteiger partial charge on any atom is -0.487 e. The highest BCUT2D eigenvalue weighted by atomic mass is 32.1. The molecule has 0 fully saturated rings. The Labute approximate surface area is 98.1 Å². The number of aromatic nitrogens is 1. The second-order valence-electron chi connectivity index (χ2n) is 3.89. The summed E-state index contributed by atoms with van der Waals surface area (Å²) in [5.41, 5.74) is 5.06. The second-order valence-corrected chi connectivity index (χ2v) is 4.61. The fourth-order valence-electron chi connectivity index (χ4n) is 1.80. The molecule has 0 saturated carbocycles. The molecule has 0 bridgehead atoms. The monoisotopic (exact) mass is 232 g/mol. The van der Waals surface area contributed by atoms with Crippen LogP contribution in [-0.2, 0) is 0 Å². The highest BCUT2D eigenvalue weighted by molar-refractivity contribution is 7.07. The molecule has 1 aliphatic rings. The maximum absolute atomic E-state index is 5.72. The van der Waals surface area contributed by atoms with Gasteiger partial charge in [-0.05, 0) is 25.1 Å². The molecule has 3 nitrogen and oxygen atoms in total. The number of nitrogens with zero attached hydrogens (tertiary/aromatic N) is 1. The zero-order valence-corrected chi connectivity index (χ0v) is 9.75. The average molecular weight is 232 g/mol. The van der Waals surface area contributed by atoms with Crippen LogP contribution in [-0.4, -0.2) is 17.6 Å². The minimum absolute atomic E-state index is 0.234. The second kappa shape index (κ2) is 3.79. The number of thiazole rings is 1. The summed E-state index contributed by atoms with van der Waals surface area (Å²) in [5.74, 6) is 0.928. The minimum atomic E-state index is 0.234. The predicted octanol–water partition coefficient (Wildman–Crippen LogP) is 3.00. The van der Waals surface area contributed by atoms with Crippen LogP contribution >= 0.6 is 11.3 Å². The number of anilines is 1. The highest BCUT2D eigenvalue weighted by Gasteiger charge is 2.15. The van der Waals surface area contributed by atoms with Gasteiger partial charge in [0.1, 0.15) is 11.9 Å². The molecule has 1 unspecified atom stereocenters. The van der Waals surface area contributed by atoms with Gasteiger partial charge >= 0.3 is 0 Å². The molecule has 1 aromatic carbocycles. The molecular formula is C12H12N2OS. The first kappa shape index (κ1) is 9.66. The number of hydrogen-bond donors (Lipinski definition) is 1. The van der Waals surface area contributed by atoms with Crippen LogP contribution in [0.4, 0.5) is 5.69 Å². The number of benzene rings is 1. The summed E-state index contributed by atoms with van der Waals surface area (Å²) >= 11 is 1.61. The summed E-state index contributed by atoms with van der Waals surface area (Å²) in [7, 11) is 0. The first-order chi connectivity index (χ1) is 7.83. The van der Waals surface area contributed by atoms with E-state index < -0.39 is 0 Å². The molecule has 0 saturated heterocycles. The van der Waals surface area contributed by atoms with Crippen LogP contribution in [0.15, 0.2) is 29.1 Å². The van der Waals surface area contributed by atoms with Gasteiger partial charge < -0.3 is 10.1 Å². The Hall–Kier alpha value is -1.55. The Morgan fingerprint density at radius 2 is 2.44 bits per heavy atom. The molecule has 1 N–H and O–H groups in total. The largest absolute Gasteiger partial charge is 0.487 e. The number of hydrogen-bond acceptors (Lipinski definition) is 4. The van der Waals surface area contributed by atoms with Gasteiger partial charge in [-0.15, -0.1) is 11.3 Å². The molecule has 1 aromatic heterocycles. The Bertz CT molecular complexity index is 496. The molecule has 2 aromatic rings. The fourth-order valence-corrected chi connectivity index (χ4v) is 2.36. The summed E-state index contributed by atoms with van der Waals surface area (Å²) in [4.78, 5) is 4.30. The van der Waals surface area contributed by atoms with E-state index in [1.54, 1.807) is 11.3 Å². The van der Waals surface area contributed by atoms with Crippen molar-refractivity contribution in [3.8, 4) is 17.0 Å². The Balaban J connectivity index is 2.00. The van der Waals surface area contributed by atoms with Gasteiger partial charge in [-0.25, -0.2) is 4.98 Å². The van der Waals surface area contributed by atoms with Crippen LogP contribution in [0.25, 0.3) is 11.3 Å². The predicted molar refractivity (Wildman–Crippen MR) is 66.1 cm³/mol. The van der Waals surface area contributed by atoms with E-state index in [0.717, 1.165) is 29.2 Å². The van der Waals surface area contributed by atoms with Crippen LogP contribution in [0, 0.1) is 0 Å². The Morgan fingerprint density at radius 3 is 3.25 bits per heavy atom. The third-order valence-corrected chi connectivity index (χ3v) is 3.20. The molecule has 82 valence electrons. The van der Waals surface area contributed by atoms with Gasteiger partial charge in [0.15, 0.2) is 0 Å². The molecule has 3 rings (SSSR count). The van der Waals surface area contributed by atoms with Crippen molar-refractivity contribution in [2.24, 2.45) is 0 Å². The van der Waals surface area contributed by atoms with E-state index in [-0.39, 0.29) is 6.10 Å². The van der Waals surface area contributed by atoms with Crippen LogP contribution < -0.4 is 10.1 Å². The molecule has 16 heavy (non-hydrogen) atoms. The van der Waals surface area contributed by atoms with Crippen LogP contribution in [0.2, 0.25) is 0 Å². The topological polar surface area (TPSA) is 34.2 Å². The van der Waals surface area contributed by atoms with E-state index in [2.05, 4.69) is 23.3 Å². The molecule has 2 heterocycles. The third-order valence-electron chi connectivity index (χ3n) is 2.62. The smallest absolute Gasteiger partial charge is 0.142 e. The lowest BCUT2D eigenvalue weighted by Crippen LogP contribution is -2.27. The lowest BCUT2D eigenvalue weighted by Gasteiger charge is -2.25. The van der Waals surface area contributed by atoms with Gasteiger partial charge in [0.25, 0.3) is 0 Å². The van der Waals surface area contributed by atoms with Crippen molar-refractivity contribution in [2.45, 2.75) is 13.0 Å². The maximum Gasteiger partial charge on any atom is 0.142 e.